The van der Waals surface area contributed by atoms with Crippen molar-refractivity contribution in [1.29, 1.82) is 0 Å². The smallest absolute Gasteiger partial charge is 0.352 e. The minimum atomic E-state index is -1.06. The predicted molar refractivity (Wildman–Crippen MR) is 108 cm³/mol. The van der Waals surface area contributed by atoms with Crippen LogP contribution in [-0.4, -0.2) is 43.4 Å². The van der Waals surface area contributed by atoms with Crippen molar-refractivity contribution in [3.63, 3.8) is 0 Å². The third-order valence-corrected chi connectivity index (χ3v) is 7.57. The summed E-state index contributed by atoms with van der Waals surface area (Å²) in [6, 6.07) is 11.5. The summed E-state index contributed by atoms with van der Waals surface area (Å²) in [4.78, 5) is 26.1. The van der Waals surface area contributed by atoms with E-state index in [1.807, 2.05) is 36.4 Å². The Labute approximate surface area is 168 Å². The first-order chi connectivity index (χ1) is 13.6. The lowest BCUT2D eigenvalue weighted by Gasteiger charge is -2.47. The standard InChI is InChI=1S/C20H15NO5S2/c22-9-10-1-3-12-13-4-2-11(8-16(13)26-15(12)7-10)28-17-18(23)21-14(20(24)25)5-6-27-19(17)21/h1-5,7-8,17,19,22H,6,9H2,(H,24,25)/t17?,19-/m0/s1. The van der Waals surface area contributed by atoms with Gasteiger partial charge in [0.25, 0.3) is 0 Å². The van der Waals surface area contributed by atoms with Crippen molar-refractivity contribution in [2.24, 2.45) is 0 Å². The fourth-order valence-corrected chi connectivity index (χ4v) is 6.18. The zero-order valence-electron chi connectivity index (χ0n) is 14.5. The SMILES string of the molecule is O=C(O)C1=CCS[C@H]2C(Sc3ccc4c(c3)oc3cc(CO)ccc34)C(=O)N12. The van der Waals surface area contributed by atoms with Crippen LogP contribution in [0.2, 0.25) is 0 Å². The number of amides is 1. The lowest BCUT2D eigenvalue weighted by Crippen LogP contribution is -2.62. The summed E-state index contributed by atoms with van der Waals surface area (Å²) in [5.41, 5.74) is 2.31. The molecule has 0 saturated carbocycles. The predicted octanol–water partition coefficient (Wildman–Crippen LogP) is 3.42. The maximum Gasteiger partial charge on any atom is 0.352 e. The highest BCUT2D eigenvalue weighted by atomic mass is 32.2. The minimum absolute atomic E-state index is 0.0415. The molecule has 3 heterocycles. The molecular formula is C20H15NO5S2. The number of furan rings is 1. The number of carbonyl (C=O) groups is 2. The molecule has 2 aliphatic heterocycles. The van der Waals surface area contributed by atoms with E-state index >= 15 is 0 Å². The van der Waals surface area contributed by atoms with E-state index in [4.69, 9.17) is 4.42 Å². The van der Waals surface area contributed by atoms with Crippen LogP contribution in [0.15, 0.2) is 57.5 Å². The Balaban J connectivity index is 1.43. The molecular weight excluding hydrogens is 398 g/mol. The van der Waals surface area contributed by atoms with Crippen LogP contribution in [0.3, 0.4) is 0 Å². The zero-order chi connectivity index (χ0) is 19.4. The number of hydrogen-bond acceptors (Lipinski definition) is 6. The van der Waals surface area contributed by atoms with E-state index in [1.54, 1.807) is 17.8 Å². The van der Waals surface area contributed by atoms with E-state index in [9.17, 15) is 19.8 Å². The van der Waals surface area contributed by atoms with Gasteiger partial charge in [0.05, 0.1) is 6.61 Å². The van der Waals surface area contributed by atoms with Gasteiger partial charge < -0.3 is 14.6 Å². The van der Waals surface area contributed by atoms with Gasteiger partial charge in [0.15, 0.2) is 0 Å². The molecule has 2 aromatic carbocycles. The number of β-lactam (4-membered cyclic amide) rings is 1. The third kappa shape index (κ3) is 2.63. The van der Waals surface area contributed by atoms with E-state index < -0.39 is 5.97 Å². The highest BCUT2D eigenvalue weighted by Crippen LogP contribution is 2.46. The Bertz CT molecular complexity index is 1170. The van der Waals surface area contributed by atoms with Crippen LogP contribution in [0.1, 0.15) is 5.56 Å². The molecule has 1 aromatic heterocycles. The Morgan fingerprint density at radius 2 is 1.96 bits per heavy atom. The largest absolute Gasteiger partial charge is 0.477 e. The second-order valence-corrected chi connectivity index (χ2v) is 8.98. The van der Waals surface area contributed by atoms with Gasteiger partial charge in [-0.05, 0) is 35.9 Å². The number of hydrogen-bond donors (Lipinski definition) is 2. The quantitative estimate of drug-likeness (QED) is 0.633. The summed E-state index contributed by atoms with van der Waals surface area (Å²) in [6.45, 7) is -0.0415. The van der Waals surface area contributed by atoms with Crippen LogP contribution < -0.4 is 0 Å². The van der Waals surface area contributed by atoms with E-state index in [0.29, 0.717) is 11.3 Å². The molecule has 5 rings (SSSR count). The molecule has 8 heteroatoms. The van der Waals surface area contributed by atoms with E-state index in [1.165, 1.54) is 16.7 Å². The van der Waals surface area contributed by atoms with Gasteiger partial charge in [0.2, 0.25) is 5.91 Å². The first kappa shape index (κ1) is 17.7. The molecule has 1 unspecified atom stereocenters. The van der Waals surface area contributed by atoms with Gasteiger partial charge in [0, 0.05) is 21.4 Å². The van der Waals surface area contributed by atoms with Crippen molar-refractivity contribution in [3.05, 3.63) is 53.7 Å². The third-order valence-electron chi connectivity index (χ3n) is 4.97. The molecule has 1 saturated heterocycles. The molecule has 28 heavy (non-hydrogen) atoms. The number of rotatable bonds is 4. The van der Waals surface area contributed by atoms with Crippen molar-refractivity contribution < 1.29 is 24.2 Å². The number of carboxylic acids is 1. The van der Waals surface area contributed by atoms with E-state index in [2.05, 4.69) is 0 Å². The van der Waals surface area contributed by atoms with Crippen LogP contribution >= 0.6 is 23.5 Å². The Hall–Kier alpha value is -2.42. The average Bonchev–Trinajstić information content (AvgIpc) is 3.07. The number of carboxylic acid groups (broad SMARTS) is 1. The van der Waals surface area contributed by atoms with Crippen LogP contribution in [0.25, 0.3) is 21.9 Å². The number of benzene rings is 2. The van der Waals surface area contributed by atoms with Crippen molar-refractivity contribution in [2.75, 3.05) is 5.75 Å². The second-order valence-electron chi connectivity index (χ2n) is 6.61. The normalized spacial score (nSPS) is 21.5. The van der Waals surface area contributed by atoms with Crippen molar-refractivity contribution in [3.8, 4) is 0 Å². The topological polar surface area (TPSA) is 91.0 Å². The maximum absolute atomic E-state index is 12.5. The lowest BCUT2D eigenvalue weighted by atomic mass is 10.1. The van der Waals surface area contributed by atoms with Gasteiger partial charge in [-0.1, -0.05) is 12.1 Å². The molecule has 6 nitrogen and oxygen atoms in total. The molecule has 0 radical (unpaired) electrons. The van der Waals surface area contributed by atoms with Gasteiger partial charge in [-0.3, -0.25) is 9.69 Å². The lowest BCUT2D eigenvalue weighted by molar-refractivity contribution is -0.145. The number of fused-ring (bicyclic) bond motifs is 4. The monoisotopic (exact) mass is 413 g/mol. The van der Waals surface area contributed by atoms with Gasteiger partial charge in [-0.25, -0.2) is 4.79 Å². The van der Waals surface area contributed by atoms with Crippen LogP contribution in [0.4, 0.5) is 0 Å². The molecule has 2 aliphatic rings. The molecule has 2 atom stereocenters. The average molecular weight is 413 g/mol. The van der Waals surface area contributed by atoms with Crippen LogP contribution in [0, 0.1) is 0 Å². The van der Waals surface area contributed by atoms with Crippen LogP contribution in [0.5, 0.6) is 0 Å². The Morgan fingerprint density at radius 1 is 1.21 bits per heavy atom. The number of aliphatic hydroxyl groups is 1. The molecule has 142 valence electrons. The molecule has 2 N–H and O–H groups in total. The highest BCUT2D eigenvalue weighted by molar-refractivity contribution is 8.04. The summed E-state index contributed by atoms with van der Waals surface area (Å²) in [7, 11) is 0. The van der Waals surface area contributed by atoms with Gasteiger partial charge in [0.1, 0.15) is 27.5 Å². The van der Waals surface area contributed by atoms with E-state index in [0.717, 1.165) is 26.8 Å². The minimum Gasteiger partial charge on any atom is -0.477 e. The molecule has 0 spiro atoms. The molecule has 1 fully saturated rings. The van der Waals surface area contributed by atoms with Gasteiger partial charge in [-0.2, -0.15) is 0 Å². The molecule has 0 bridgehead atoms. The van der Waals surface area contributed by atoms with Crippen LogP contribution in [-0.2, 0) is 16.2 Å². The molecule has 0 aliphatic carbocycles. The number of aliphatic carboxylic acids is 1. The summed E-state index contributed by atoms with van der Waals surface area (Å²) < 4.78 is 5.94. The first-order valence-electron chi connectivity index (χ1n) is 8.67. The fourth-order valence-electron chi connectivity index (χ4n) is 3.60. The number of carbonyl (C=O) groups excluding carboxylic acids is 1. The number of aliphatic hydroxyl groups excluding tert-OH is 1. The van der Waals surface area contributed by atoms with Crippen molar-refractivity contribution in [2.45, 2.75) is 22.1 Å². The second kappa shape index (κ2) is 6.58. The first-order valence-corrected chi connectivity index (χ1v) is 10.6. The number of nitrogens with zero attached hydrogens (tertiary/aromatic N) is 1. The maximum atomic E-state index is 12.5. The van der Waals surface area contributed by atoms with Crippen molar-refractivity contribution in [1.82, 2.24) is 4.90 Å². The van der Waals surface area contributed by atoms with Gasteiger partial charge >= 0.3 is 5.97 Å². The molecule has 1 amide bonds. The summed E-state index contributed by atoms with van der Waals surface area (Å²) in [5, 5.41) is 20.1. The zero-order valence-corrected chi connectivity index (χ0v) is 16.1. The van der Waals surface area contributed by atoms with Gasteiger partial charge in [-0.15, -0.1) is 23.5 Å². The summed E-state index contributed by atoms with van der Waals surface area (Å²) in [5.74, 6) is -0.649. The Morgan fingerprint density at radius 3 is 2.71 bits per heavy atom. The Kier molecular flexibility index (Phi) is 4.15. The summed E-state index contributed by atoms with van der Waals surface area (Å²) >= 11 is 3.01. The highest BCUT2D eigenvalue weighted by Gasteiger charge is 2.52. The molecule has 3 aromatic rings. The number of thioether (sulfide) groups is 2. The fraction of sp³-hybridized carbons (Fsp3) is 0.200. The summed E-state index contributed by atoms with van der Waals surface area (Å²) in [6.07, 6.45) is 1.59. The van der Waals surface area contributed by atoms with E-state index in [-0.39, 0.29) is 28.8 Å². The van der Waals surface area contributed by atoms with Crippen molar-refractivity contribution >= 4 is 57.3 Å².